The van der Waals surface area contributed by atoms with E-state index in [-0.39, 0.29) is 11.2 Å². The normalized spacial score (nSPS) is 13.7. The van der Waals surface area contributed by atoms with Crippen LogP contribution in [0.1, 0.15) is 38.7 Å². The minimum atomic E-state index is -0.308. The van der Waals surface area contributed by atoms with Gasteiger partial charge in [-0.05, 0) is 43.0 Å². The molecule has 0 bridgehead atoms. The number of nitrogens with one attached hydrogen (secondary N) is 2. The lowest BCUT2D eigenvalue weighted by Gasteiger charge is -2.17. The van der Waals surface area contributed by atoms with Crippen LogP contribution in [-0.2, 0) is 4.79 Å². The molecule has 0 aliphatic rings. The van der Waals surface area contributed by atoms with Crippen LogP contribution >= 0.6 is 11.8 Å². The van der Waals surface area contributed by atoms with Crippen LogP contribution < -0.4 is 5.32 Å². The topological polar surface area (TPSA) is 75.1 Å². The summed E-state index contributed by atoms with van der Waals surface area (Å²) in [6, 6.07) is 15.9. The van der Waals surface area contributed by atoms with Crippen molar-refractivity contribution in [3.63, 3.8) is 0 Å². The highest BCUT2D eigenvalue weighted by atomic mass is 32.2. The molecule has 0 aliphatic carbocycles. The Labute approximate surface area is 167 Å². The second kappa shape index (κ2) is 7.67. The molecule has 1 amide bonds. The Hall–Kier alpha value is -2.80. The molecule has 2 aromatic heterocycles. The van der Waals surface area contributed by atoms with Crippen LogP contribution in [0.4, 0.5) is 5.69 Å². The van der Waals surface area contributed by atoms with Crippen molar-refractivity contribution in [3.05, 3.63) is 54.1 Å². The number of aromatic amines is 1. The lowest BCUT2D eigenvalue weighted by atomic mass is 9.97. The molecule has 0 spiro atoms. The van der Waals surface area contributed by atoms with Gasteiger partial charge in [0.2, 0.25) is 11.7 Å². The molecule has 6 nitrogen and oxygen atoms in total. The van der Waals surface area contributed by atoms with Gasteiger partial charge in [-0.25, -0.2) is 10.1 Å². The van der Waals surface area contributed by atoms with Gasteiger partial charge in [0, 0.05) is 5.69 Å². The van der Waals surface area contributed by atoms with Gasteiger partial charge in [0.1, 0.15) is 0 Å². The molecule has 2 aromatic carbocycles. The molecule has 4 rings (SSSR count). The van der Waals surface area contributed by atoms with E-state index in [1.54, 1.807) is 0 Å². The van der Waals surface area contributed by atoms with Crippen molar-refractivity contribution < 1.29 is 4.79 Å². The highest BCUT2D eigenvalue weighted by molar-refractivity contribution is 8.00. The van der Waals surface area contributed by atoms with E-state index in [1.165, 1.54) is 17.3 Å². The number of rotatable bonds is 6. The second-order valence-electron chi connectivity index (χ2n) is 6.91. The fourth-order valence-corrected chi connectivity index (χ4v) is 4.10. The van der Waals surface area contributed by atoms with E-state index >= 15 is 0 Å². The van der Waals surface area contributed by atoms with Gasteiger partial charge in [0.25, 0.3) is 0 Å². The molecule has 2 atom stereocenters. The maximum absolute atomic E-state index is 12.8. The summed E-state index contributed by atoms with van der Waals surface area (Å²) in [6.07, 6.45) is 1.02. The summed E-state index contributed by atoms with van der Waals surface area (Å²) < 4.78 is 1.96. The summed E-state index contributed by atoms with van der Waals surface area (Å²) in [5.41, 5.74) is 3.92. The number of para-hydroxylation sites is 3. The summed E-state index contributed by atoms with van der Waals surface area (Å²) in [6.45, 7) is 6.22. The lowest BCUT2D eigenvalue weighted by molar-refractivity contribution is -0.115. The van der Waals surface area contributed by atoms with Gasteiger partial charge in [0.15, 0.2) is 5.16 Å². The Kier molecular flexibility index (Phi) is 5.09. The molecule has 0 radical (unpaired) electrons. The van der Waals surface area contributed by atoms with E-state index in [0.29, 0.717) is 11.7 Å². The number of carbonyl (C=O) groups is 1. The number of benzene rings is 2. The average molecular weight is 394 g/mol. The zero-order chi connectivity index (χ0) is 19.7. The van der Waals surface area contributed by atoms with Gasteiger partial charge in [0.05, 0.1) is 16.3 Å². The fraction of sp³-hybridized carbons (Fsp3) is 0.286. The van der Waals surface area contributed by atoms with Crippen molar-refractivity contribution in [2.24, 2.45) is 0 Å². The first-order chi connectivity index (χ1) is 13.6. The molecule has 28 heavy (non-hydrogen) atoms. The van der Waals surface area contributed by atoms with Crippen molar-refractivity contribution in [2.75, 3.05) is 5.32 Å². The van der Waals surface area contributed by atoms with Crippen LogP contribution in [0.5, 0.6) is 0 Å². The smallest absolute Gasteiger partial charge is 0.237 e. The number of thioether (sulfide) groups is 1. The van der Waals surface area contributed by atoms with Gasteiger partial charge in [-0.1, -0.05) is 55.9 Å². The number of imidazole rings is 1. The summed E-state index contributed by atoms with van der Waals surface area (Å²) in [7, 11) is 0. The molecule has 4 aromatic rings. The van der Waals surface area contributed by atoms with Gasteiger partial charge in [-0.2, -0.15) is 0 Å². The van der Waals surface area contributed by atoms with Crippen molar-refractivity contribution in [3.8, 4) is 0 Å². The third kappa shape index (κ3) is 3.38. The number of nitrogens with zero attached hydrogens (tertiary/aromatic N) is 3. The molecule has 0 fully saturated rings. The summed E-state index contributed by atoms with van der Waals surface area (Å²) >= 11 is 1.42. The largest absolute Gasteiger partial charge is 0.325 e. The molecule has 144 valence electrons. The zero-order valence-electron chi connectivity index (χ0n) is 16.1. The highest BCUT2D eigenvalue weighted by Gasteiger charge is 2.21. The van der Waals surface area contributed by atoms with Crippen LogP contribution in [0.15, 0.2) is 53.7 Å². The number of anilines is 1. The fourth-order valence-electron chi connectivity index (χ4n) is 3.23. The quantitative estimate of drug-likeness (QED) is 0.460. The Balaban J connectivity index is 1.55. The minimum Gasteiger partial charge on any atom is -0.325 e. The van der Waals surface area contributed by atoms with E-state index < -0.39 is 0 Å². The third-order valence-electron chi connectivity index (χ3n) is 5.02. The van der Waals surface area contributed by atoms with Crippen LogP contribution in [0.25, 0.3) is 16.8 Å². The van der Waals surface area contributed by atoms with Crippen molar-refractivity contribution >= 4 is 40.2 Å². The predicted molar refractivity (Wildman–Crippen MR) is 114 cm³/mol. The minimum absolute atomic E-state index is 0.0404. The highest BCUT2D eigenvalue weighted by Crippen LogP contribution is 2.29. The molecular weight excluding hydrogens is 370 g/mol. The van der Waals surface area contributed by atoms with Crippen molar-refractivity contribution in [2.45, 2.75) is 43.5 Å². The molecule has 7 heteroatoms. The standard InChI is InChI=1S/C21H23N5OS/c1-4-13(2)15-9-5-6-10-16(15)22-19(27)14(3)28-21-25-24-20-23-17-11-7-8-12-18(17)26(20)21/h5-14H,4H2,1-3H3,(H,22,27)(H,23,24)/t13-,14-/m0/s1. The monoisotopic (exact) mass is 393 g/mol. The first-order valence-electron chi connectivity index (χ1n) is 9.46. The average Bonchev–Trinajstić information content (AvgIpc) is 3.27. The SMILES string of the molecule is CC[C@H](C)c1ccccc1NC(=O)[C@H](C)Sc1n[nH]c2nc3ccccc3n12. The molecule has 0 unspecified atom stereocenters. The van der Waals surface area contributed by atoms with Crippen molar-refractivity contribution in [1.29, 1.82) is 0 Å². The zero-order valence-corrected chi connectivity index (χ0v) is 17.0. The van der Waals surface area contributed by atoms with Gasteiger partial charge in [-0.3, -0.25) is 9.20 Å². The molecule has 0 saturated heterocycles. The maximum atomic E-state index is 12.8. The molecule has 0 saturated carbocycles. The first-order valence-corrected chi connectivity index (χ1v) is 10.3. The Bertz CT molecular complexity index is 1130. The Morgan fingerprint density at radius 1 is 1.18 bits per heavy atom. The van der Waals surface area contributed by atoms with Gasteiger partial charge < -0.3 is 5.32 Å². The number of H-pyrrole nitrogens is 1. The molecule has 2 N–H and O–H groups in total. The van der Waals surface area contributed by atoms with Crippen LogP contribution in [-0.4, -0.2) is 30.7 Å². The number of fused-ring (bicyclic) bond motifs is 3. The molecular formula is C21H23N5OS. The maximum Gasteiger partial charge on any atom is 0.237 e. The molecule has 0 aliphatic heterocycles. The second-order valence-corrected chi connectivity index (χ2v) is 8.22. The first kappa shape index (κ1) is 18.6. The van der Waals surface area contributed by atoms with Crippen molar-refractivity contribution in [1.82, 2.24) is 19.6 Å². The van der Waals surface area contributed by atoms with Crippen LogP contribution in [0.2, 0.25) is 0 Å². The Morgan fingerprint density at radius 3 is 2.75 bits per heavy atom. The lowest BCUT2D eigenvalue weighted by Crippen LogP contribution is -2.23. The van der Waals surface area contributed by atoms with Crippen LogP contribution in [0.3, 0.4) is 0 Å². The van der Waals surface area contributed by atoms with E-state index in [0.717, 1.165) is 28.3 Å². The van der Waals surface area contributed by atoms with E-state index in [2.05, 4.69) is 40.4 Å². The van der Waals surface area contributed by atoms with E-state index in [1.807, 2.05) is 53.8 Å². The van der Waals surface area contributed by atoms with E-state index in [4.69, 9.17) is 0 Å². The molecule has 2 heterocycles. The van der Waals surface area contributed by atoms with Gasteiger partial charge in [-0.15, -0.1) is 5.10 Å². The number of hydrogen-bond donors (Lipinski definition) is 2. The number of aromatic nitrogens is 4. The number of carbonyl (C=O) groups excluding carboxylic acids is 1. The number of amides is 1. The summed E-state index contributed by atoms with van der Waals surface area (Å²) in [5, 5.41) is 10.8. The van der Waals surface area contributed by atoms with Gasteiger partial charge >= 0.3 is 0 Å². The summed E-state index contributed by atoms with van der Waals surface area (Å²) in [4.78, 5) is 17.4. The predicted octanol–water partition coefficient (Wildman–Crippen LogP) is 4.84. The third-order valence-corrected chi connectivity index (χ3v) is 6.07. The van der Waals surface area contributed by atoms with Crippen LogP contribution in [0, 0.1) is 0 Å². The van der Waals surface area contributed by atoms with E-state index in [9.17, 15) is 4.79 Å². The Morgan fingerprint density at radius 2 is 1.93 bits per heavy atom. The number of hydrogen-bond acceptors (Lipinski definition) is 4. The summed E-state index contributed by atoms with van der Waals surface area (Å²) in [5.74, 6) is 1.03.